The number of phenolic OH excluding ortho intramolecular Hbond substituents is 1. The molecule has 0 unspecified atom stereocenters. The van der Waals surface area contributed by atoms with Gasteiger partial charge in [-0.1, -0.05) is 133 Å². The number of ether oxygens (including phenoxy) is 1. The number of benzene rings is 6. The van der Waals surface area contributed by atoms with Crippen LogP contribution in [0.25, 0.3) is 38.7 Å². The van der Waals surface area contributed by atoms with Gasteiger partial charge in [0.05, 0.1) is 6.10 Å². The Labute approximate surface area is 238 Å². The van der Waals surface area contributed by atoms with E-state index in [9.17, 15) is 15.0 Å². The molecule has 6 aromatic carbocycles. The van der Waals surface area contributed by atoms with Crippen LogP contribution in [0.1, 0.15) is 17.0 Å². The number of aliphatic hydroxyl groups excluding tert-OH is 1. The van der Waals surface area contributed by atoms with E-state index < -0.39 is 18.0 Å². The van der Waals surface area contributed by atoms with Crippen molar-refractivity contribution in [1.29, 1.82) is 0 Å². The molecule has 0 saturated heterocycles. The fourth-order valence-electron chi connectivity index (χ4n) is 5.31. The Morgan fingerprint density at radius 1 is 0.634 bits per heavy atom. The van der Waals surface area contributed by atoms with Gasteiger partial charge in [-0.3, -0.25) is 4.79 Å². The summed E-state index contributed by atoms with van der Waals surface area (Å²) in [6.07, 6.45) is 2.27. The lowest BCUT2D eigenvalue weighted by Crippen LogP contribution is -2.28. The second kappa shape index (κ2) is 11.5. The number of fused-ring (bicyclic) bond motifs is 2. The number of phenols is 1. The summed E-state index contributed by atoms with van der Waals surface area (Å²) < 4.78 is 6.16. The number of hydrogen-bond acceptors (Lipinski definition) is 4. The molecule has 0 amide bonds. The van der Waals surface area contributed by atoms with E-state index in [0.29, 0.717) is 22.4 Å². The van der Waals surface area contributed by atoms with Crippen LogP contribution in [0, 0.1) is 0 Å². The summed E-state index contributed by atoms with van der Waals surface area (Å²) in [6.45, 7) is 0. The zero-order valence-corrected chi connectivity index (χ0v) is 22.2. The maximum Gasteiger partial charge on any atom is 0.321 e. The van der Waals surface area contributed by atoms with E-state index in [1.54, 1.807) is 24.3 Å². The van der Waals surface area contributed by atoms with E-state index in [1.165, 1.54) is 0 Å². The molecule has 200 valence electrons. The molecule has 0 aliphatic carbocycles. The Kier molecular flexibility index (Phi) is 7.31. The zero-order chi connectivity index (χ0) is 28.2. The molecule has 2 N–H and O–H groups in total. The monoisotopic (exact) mass is 536 g/mol. The number of aliphatic hydroxyl groups is 1. The lowest BCUT2D eigenvalue weighted by Gasteiger charge is -2.22. The normalized spacial score (nSPS) is 12.9. The number of esters is 1. The van der Waals surface area contributed by atoms with Crippen LogP contribution in [0.15, 0.2) is 140 Å². The second-order valence-corrected chi connectivity index (χ2v) is 9.91. The Hall–Kier alpha value is -5.19. The quantitative estimate of drug-likeness (QED) is 0.160. The van der Waals surface area contributed by atoms with Crippen LogP contribution in [0.2, 0.25) is 0 Å². The van der Waals surface area contributed by atoms with Crippen LogP contribution in [-0.4, -0.2) is 22.3 Å². The van der Waals surface area contributed by atoms with Crippen LogP contribution < -0.4 is 4.74 Å². The summed E-state index contributed by atoms with van der Waals surface area (Å²) in [7, 11) is 0. The predicted molar refractivity (Wildman–Crippen MR) is 165 cm³/mol. The molecule has 0 aliphatic rings. The summed E-state index contributed by atoms with van der Waals surface area (Å²) >= 11 is 0. The SMILES string of the molecule is O=C(Oc1ccc2ccccc2c1-c1c(O)ccc2ccccc12)[C@H](c1ccccc1)[C@H](O)/C=C/c1ccccc1. The van der Waals surface area contributed by atoms with Gasteiger partial charge in [-0.15, -0.1) is 0 Å². The second-order valence-electron chi connectivity index (χ2n) is 9.91. The molecular formula is C37H28O4. The van der Waals surface area contributed by atoms with E-state index in [2.05, 4.69) is 0 Å². The molecule has 4 heteroatoms. The summed E-state index contributed by atoms with van der Waals surface area (Å²) in [5.74, 6) is -1.18. The van der Waals surface area contributed by atoms with Gasteiger partial charge in [0.25, 0.3) is 0 Å². The minimum atomic E-state index is -1.14. The van der Waals surface area contributed by atoms with E-state index in [1.807, 2.05) is 121 Å². The average Bonchev–Trinajstić information content (AvgIpc) is 3.01. The zero-order valence-electron chi connectivity index (χ0n) is 22.2. The van der Waals surface area contributed by atoms with Crippen molar-refractivity contribution in [3.63, 3.8) is 0 Å². The van der Waals surface area contributed by atoms with Crippen molar-refractivity contribution >= 4 is 33.6 Å². The van der Waals surface area contributed by atoms with E-state index in [4.69, 9.17) is 4.74 Å². The summed E-state index contributed by atoms with van der Waals surface area (Å²) in [5.41, 5.74) is 2.75. The van der Waals surface area contributed by atoms with Gasteiger partial charge in [-0.05, 0) is 44.8 Å². The van der Waals surface area contributed by atoms with Gasteiger partial charge in [0.1, 0.15) is 17.4 Å². The first-order valence-corrected chi connectivity index (χ1v) is 13.5. The summed E-state index contributed by atoms with van der Waals surface area (Å²) in [6, 6.07) is 41.5. The first-order chi connectivity index (χ1) is 20.1. The van der Waals surface area contributed by atoms with Gasteiger partial charge in [0.15, 0.2) is 0 Å². The number of carbonyl (C=O) groups is 1. The average molecular weight is 537 g/mol. The molecule has 0 aromatic heterocycles. The molecule has 0 bridgehead atoms. The number of hydrogen-bond donors (Lipinski definition) is 2. The molecule has 0 radical (unpaired) electrons. The standard InChI is InChI=1S/C37H28O4/c38-31(22-19-25-11-3-1-4-12-25)34(28-15-5-2-6-16-28)37(40)41-33-24-21-27-14-8-10-18-30(27)36(33)35-29-17-9-7-13-26(29)20-23-32(35)39/h1-24,31,34,38-39H/b22-19+/t31-,34-/m1/s1. The first-order valence-electron chi connectivity index (χ1n) is 13.5. The van der Waals surface area contributed by atoms with Crippen molar-refractivity contribution < 1.29 is 19.7 Å². The highest BCUT2D eigenvalue weighted by molar-refractivity contribution is 6.10. The Bertz CT molecular complexity index is 1860. The van der Waals surface area contributed by atoms with Gasteiger partial charge in [0, 0.05) is 11.1 Å². The van der Waals surface area contributed by atoms with Gasteiger partial charge in [0.2, 0.25) is 0 Å². The molecule has 0 fully saturated rings. The first kappa shape index (κ1) is 26.1. The lowest BCUT2D eigenvalue weighted by atomic mass is 9.91. The number of carbonyl (C=O) groups excluding carboxylic acids is 1. The third-order valence-electron chi connectivity index (χ3n) is 7.30. The van der Waals surface area contributed by atoms with Crippen LogP contribution in [0.3, 0.4) is 0 Å². The van der Waals surface area contributed by atoms with Crippen molar-refractivity contribution in [1.82, 2.24) is 0 Å². The van der Waals surface area contributed by atoms with Crippen LogP contribution in [0.5, 0.6) is 11.5 Å². The van der Waals surface area contributed by atoms with Crippen LogP contribution in [0.4, 0.5) is 0 Å². The fraction of sp³-hybridized carbons (Fsp3) is 0.0541. The molecule has 41 heavy (non-hydrogen) atoms. The summed E-state index contributed by atoms with van der Waals surface area (Å²) in [5, 5.41) is 26.0. The predicted octanol–water partition coefficient (Wildman–Crippen LogP) is 8.13. The minimum Gasteiger partial charge on any atom is -0.507 e. The van der Waals surface area contributed by atoms with Crippen molar-refractivity contribution in [3.05, 3.63) is 151 Å². The molecule has 2 atom stereocenters. The van der Waals surface area contributed by atoms with Gasteiger partial charge in [-0.25, -0.2) is 0 Å². The van der Waals surface area contributed by atoms with Crippen molar-refractivity contribution in [3.8, 4) is 22.6 Å². The molecule has 6 aromatic rings. The van der Waals surface area contributed by atoms with Crippen molar-refractivity contribution in [2.24, 2.45) is 0 Å². The molecular weight excluding hydrogens is 508 g/mol. The van der Waals surface area contributed by atoms with E-state index >= 15 is 0 Å². The van der Waals surface area contributed by atoms with Gasteiger partial charge < -0.3 is 14.9 Å². The highest BCUT2D eigenvalue weighted by Crippen LogP contribution is 2.45. The fourth-order valence-corrected chi connectivity index (χ4v) is 5.31. The molecule has 0 saturated carbocycles. The lowest BCUT2D eigenvalue weighted by molar-refractivity contribution is -0.138. The largest absolute Gasteiger partial charge is 0.507 e. The maximum atomic E-state index is 14.0. The Balaban J connectivity index is 1.46. The van der Waals surface area contributed by atoms with Gasteiger partial charge >= 0.3 is 5.97 Å². The molecule has 0 aliphatic heterocycles. The van der Waals surface area contributed by atoms with Gasteiger partial charge in [-0.2, -0.15) is 0 Å². The van der Waals surface area contributed by atoms with E-state index in [0.717, 1.165) is 27.1 Å². The molecule has 0 spiro atoms. The molecule has 0 heterocycles. The third-order valence-corrected chi connectivity index (χ3v) is 7.30. The van der Waals surface area contributed by atoms with Crippen molar-refractivity contribution in [2.75, 3.05) is 0 Å². The van der Waals surface area contributed by atoms with E-state index in [-0.39, 0.29) is 5.75 Å². The van der Waals surface area contributed by atoms with Crippen LogP contribution >= 0.6 is 0 Å². The maximum absolute atomic E-state index is 14.0. The topological polar surface area (TPSA) is 66.8 Å². The van der Waals surface area contributed by atoms with Crippen LogP contribution in [-0.2, 0) is 4.79 Å². The highest BCUT2D eigenvalue weighted by atomic mass is 16.5. The molecule has 6 rings (SSSR count). The number of rotatable bonds is 7. The highest BCUT2D eigenvalue weighted by Gasteiger charge is 2.30. The minimum absolute atomic E-state index is 0.0859. The Morgan fingerprint density at radius 2 is 1.20 bits per heavy atom. The third kappa shape index (κ3) is 5.33. The molecule has 4 nitrogen and oxygen atoms in total. The smallest absolute Gasteiger partial charge is 0.321 e. The summed E-state index contributed by atoms with van der Waals surface area (Å²) in [4.78, 5) is 14.0. The van der Waals surface area contributed by atoms with Crippen molar-refractivity contribution in [2.45, 2.75) is 12.0 Å². The number of aromatic hydroxyl groups is 1. The Morgan fingerprint density at radius 3 is 1.88 bits per heavy atom.